The first kappa shape index (κ1) is 19.3. The Kier molecular flexibility index (Phi) is 6.40. The summed E-state index contributed by atoms with van der Waals surface area (Å²) < 4.78 is 27.2. The van der Waals surface area contributed by atoms with E-state index in [4.69, 9.17) is 0 Å². The number of nitrogens with zero attached hydrogens (tertiary/aromatic N) is 1. The van der Waals surface area contributed by atoms with E-state index < -0.39 is 23.8 Å². The van der Waals surface area contributed by atoms with E-state index in [2.05, 4.69) is 5.32 Å². The molecule has 4 nitrogen and oxygen atoms in total. The predicted octanol–water partition coefficient (Wildman–Crippen LogP) is 4.87. The van der Waals surface area contributed by atoms with Gasteiger partial charge in [-0.1, -0.05) is 43.2 Å². The summed E-state index contributed by atoms with van der Waals surface area (Å²) in [5.74, 6) is -1.29. The number of rotatable bonds is 4. The van der Waals surface area contributed by atoms with Gasteiger partial charge in [0.05, 0.1) is 11.8 Å². The van der Waals surface area contributed by atoms with E-state index in [1.165, 1.54) is 0 Å². The highest BCUT2D eigenvalue weighted by Gasteiger charge is 2.28. The number of benzene rings is 2. The second kappa shape index (κ2) is 8.95. The minimum absolute atomic E-state index is 0.167. The van der Waals surface area contributed by atoms with Crippen molar-refractivity contribution < 1.29 is 18.7 Å². The Morgan fingerprint density at radius 2 is 1.93 bits per heavy atom. The van der Waals surface area contributed by atoms with Gasteiger partial charge in [-0.05, 0) is 37.0 Å². The van der Waals surface area contributed by atoms with Gasteiger partial charge in [0, 0.05) is 18.7 Å². The molecule has 0 radical (unpaired) electrons. The van der Waals surface area contributed by atoms with Gasteiger partial charge in [0.2, 0.25) is 0 Å². The molecule has 2 N–H and O–H groups in total. The predicted molar refractivity (Wildman–Crippen MR) is 100 cm³/mol. The summed E-state index contributed by atoms with van der Waals surface area (Å²) in [5, 5.41) is 13.0. The topological polar surface area (TPSA) is 52.6 Å². The van der Waals surface area contributed by atoms with Crippen LogP contribution in [0.3, 0.4) is 0 Å². The molecule has 0 aromatic heterocycles. The summed E-state index contributed by atoms with van der Waals surface area (Å²) in [5.41, 5.74) is 0.630. The van der Waals surface area contributed by atoms with Crippen LogP contribution in [0.1, 0.15) is 43.8 Å². The number of nitrogens with one attached hydrogen (secondary N) is 1. The van der Waals surface area contributed by atoms with Crippen molar-refractivity contribution in [1.82, 2.24) is 4.90 Å². The van der Waals surface area contributed by atoms with Crippen molar-refractivity contribution >= 4 is 11.7 Å². The number of amides is 2. The summed E-state index contributed by atoms with van der Waals surface area (Å²) in [4.78, 5) is 14.4. The highest BCUT2D eigenvalue weighted by Crippen LogP contribution is 2.27. The van der Waals surface area contributed by atoms with Crippen LogP contribution in [0.4, 0.5) is 19.3 Å². The molecular formula is C21H24F2N2O2. The van der Waals surface area contributed by atoms with Gasteiger partial charge in [0.1, 0.15) is 11.6 Å². The summed E-state index contributed by atoms with van der Waals surface area (Å²) in [7, 11) is 0. The molecule has 2 atom stereocenters. The lowest BCUT2D eigenvalue weighted by Gasteiger charge is -2.31. The highest BCUT2D eigenvalue weighted by molar-refractivity contribution is 5.89. The lowest BCUT2D eigenvalue weighted by Crippen LogP contribution is -2.43. The van der Waals surface area contributed by atoms with Crippen LogP contribution in [0.5, 0.6) is 0 Å². The van der Waals surface area contributed by atoms with Crippen molar-refractivity contribution in [3.8, 4) is 0 Å². The molecule has 0 bridgehead atoms. The fraction of sp³-hybridized carbons (Fsp3) is 0.381. The van der Waals surface area contributed by atoms with Crippen LogP contribution in [0.25, 0.3) is 0 Å². The first-order chi connectivity index (χ1) is 13.0. The standard InChI is InChI=1S/C21H24F2N2O2/c22-16-10-11-18(23)19(13-16)24-21(27)25-12-6-2-5-9-17(25)14-20(26)15-7-3-1-4-8-15/h1,3-4,7-8,10-11,13,17,20,26H,2,5-6,9,12,14H2,(H,24,27)/t17-,20-/m1/s1. The Hall–Kier alpha value is -2.47. The van der Waals surface area contributed by atoms with E-state index in [9.17, 15) is 18.7 Å². The molecule has 1 fully saturated rings. The molecule has 2 aromatic carbocycles. The average Bonchev–Trinajstić information content (AvgIpc) is 2.91. The fourth-order valence-corrected chi connectivity index (χ4v) is 3.54. The van der Waals surface area contributed by atoms with Gasteiger partial charge >= 0.3 is 6.03 Å². The molecule has 0 unspecified atom stereocenters. The largest absolute Gasteiger partial charge is 0.388 e. The molecule has 2 amide bonds. The van der Waals surface area contributed by atoms with Crippen molar-refractivity contribution in [3.05, 3.63) is 65.7 Å². The Labute approximate surface area is 157 Å². The van der Waals surface area contributed by atoms with Crippen LogP contribution in [0, 0.1) is 11.6 Å². The molecule has 0 saturated carbocycles. The van der Waals surface area contributed by atoms with Crippen molar-refractivity contribution in [2.45, 2.75) is 44.2 Å². The monoisotopic (exact) mass is 374 g/mol. The molecule has 1 saturated heterocycles. The van der Waals surface area contributed by atoms with Crippen molar-refractivity contribution in [2.24, 2.45) is 0 Å². The van der Waals surface area contributed by atoms with E-state index in [-0.39, 0.29) is 11.7 Å². The van der Waals surface area contributed by atoms with Crippen LogP contribution >= 0.6 is 0 Å². The van der Waals surface area contributed by atoms with Gasteiger partial charge in [-0.25, -0.2) is 13.6 Å². The number of aliphatic hydroxyl groups excluding tert-OH is 1. The van der Waals surface area contributed by atoms with Crippen LogP contribution in [0.15, 0.2) is 48.5 Å². The lowest BCUT2D eigenvalue weighted by molar-refractivity contribution is 0.116. The number of carbonyl (C=O) groups excluding carboxylic acids is 1. The van der Waals surface area contributed by atoms with Crippen LogP contribution in [-0.2, 0) is 0 Å². The van der Waals surface area contributed by atoms with Gasteiger partial charge in [0.15, 0.2) is 0 Å². The minimum Gasteiger partial charge on any atom is -0.388 e. The molecule has 1 aliphatic rings. The average molecular weight is 374 g/mol. The normalized spacial score (nSPS) is 18.6. The molecule has 3 rings (SSSR count). The van der Waals surface area contributed by atoms with Crippen LogP contribution in [0.2, 0.25) is 0 Å². The van der Waals surface area contributed by atoms with Gasteiger partial charge in [0.25, 0.3) is 0 Å². The van der Waals surface area contributed by atoms with Gasteiger partial charge in [-0.15, -0.1) is 0 Å². The van der Waals surface area contributed by atoms with E-state index in [0.29, 0.717) is 13.0 Å². The maximum absolute atomic E-state index is 13.9. The Bertz CT molecular complexity index is 770. The van der Waals surface area contributed by atoms with E-state index in [1.807, 2.05) is 30.3 Å². The molecule has 6 heteroatoms. The third kappa shape index (κ3) is 5.04. The zero-order chi connectivity index (χ0) is 19.2. The number of carbonyl (C=O) groups is 1. The third-order valence-electron chi connectivity index (χ3n) is 4.99. The molecule has 2 aromatic rings. The minimum atomic E-state index is -0.685. The summed E-state index contributed by atoms with van der Waals surface area (Å²) in [6.07, 6.45) is 3.29. The zero-order valence-corrected chi connectivity index (χ0v) is 15.1. The van der Waals surface area contributed by atoms with E-state index >= 15 is 0 Å². The molecule has 0 aliphatic carbocycles. The number of hydrogen-bond donors (Lipinski definition) is 2. The van der Waals surface area contributed by atoms with Crippen molar-refractivity contribution in [2.75, 3.05) is 11.9 Å². The smallest absolute Gasteiger partial charge is 0.322 e. The quantitative estimate of drug-likeness (QED) is 0.803. The van der Waals surface area contributed by atoms with E-state index in [0.717, 1.165) is 49.4 Å². The Balaban J connectivity index is 1.73. The number of aliphatic hydroxyl groups is 1. The van der Waals surface area contributed by atoms with Gasteiger partial charge in [-0.3, -0.25) is 0 Å². The highest BCUT2D eigenvalue weighted by atomic mass is 19.1. The summed E-state index contributed by atoms with van der Waals surface area (Å²) in [6, 6.07) is 11.7. The first-order valence-electron chi connectivity index (χ1n) is 9.30. The molecular weight excluding hydrogens is 350 g/mol. The third-order valence-corrected chi connectivity index (χ3v) is 4.99. The molecule has 0 spiro atoms. The van der Waals surface area contributed by atoms with E-state index in [1.54, 1.807) is 4.90 Å². The van der Waals surface area contributed by atoms with Crippen molar-refractivity contribution in [1.29, 1.82) is 0 Å². The molecule has 1 aliphatic heterocycles. The lowest BCUT2D eigenvalue weighted by atomic mass is 9.98. The molecule has 144 valence electrons. The second-order valence-corrected chi connectivity index (χ2v) is 6.91. The van der Waals surface area contributed by atoms with Crippen LogP contribution in [-0.4, -0.2) is 28.6 Å². The van der Waals surface area contributed by atoms with Crippen molar-refractivity contribution in [3.63, 3.8) is 0 Å². The number of hydrogen-bond acceptors (Lipinski definition) is 2. The Morgan fingerprint density at radius 3 is 2.70 bits per heavy atom. The maximum atomic E-state index is 13.9. The molecule has 27 heavy (non-hydrogen) atoms. The van der Waals surface area contributed by atoms with Gasteiger partial charge < -0.3 is 15.3 Å². The number of halogens is 2. The number of likely N-dealkylation sites (tertiary alicyclic amines) is 1. The fourth-order valence-electron chi connectivity index (χ4n) is 3.54. The molecule has 1 heterocycles. The number of anilines is 1. The maximum Gasteiger partial charge on any atom is 0.322 e. The second-order valence-electron chi connectivity index (χ2n) is 6.91. The first-order valence-corrected chi connectivity index (χ1v) is 9.30. The SMILES string of the molecule is O=C(Nc1cc(F)ccc1F)N1CCCCC[C@@H]1C[C@@H](O)c1ccccc1. The summed E-state index contributed by atoms with van der Waals surface area (Å²) >= 11 is 0. The summed E-state index contributed by atoms with van der Waals surface area (Å²) in [6.45, 7) is 0.523. The Morgan fingerprint density at radius 1 is 1.15 bits per heavy atom. The van der Waals surface area contributed by atoms with Crippen LogP contribution < -0.4 is 5.32 Å². The number of urea groups is 1. The van der Waals surface area contributed by atoms with Gasteiger partial charge in [-0.2, -0.15) is 0 Å². The zero-order valence-electron chi connectivity index (χ0n) is 15.1.